The van der Waals surface area contributed by atoms with Crippen molar-refractivity contribution in [1.82, 2.24) is 19.8 Å². The minimum atomic E-state index is -1.04. The van der Waals surface area contributed by atoms with Crippen LogP contribution < -0.4 is 20.5 Å². The smallest absolute Gasteiger partial charge is 0.326 e. The van der Waals surface area contributed by atoms with Crippen molar-refractivity contribution in [3.63, 3.8) is 0 Å². The number of H-pyrrole nitrogens is 1. The Kier molecular flexibility index (Phi) is 4.46. The lowest BCUT2D eigenvalue weighted by Crippen LogP contribution is -2.46. The number of aryl methyl sites for hydroxylation is 1. The average molecular weight is 422 g/mol. The number of carbonyl (C=O) groups excluding carboxylic acids is 2. The highest BCUT2D eigenvalue weighted by Crippen LogP contribution is 2.34. The fraction of sp³-hybridized carbons (Fsp3) is 0.318. The maximum Gasteiger partial charge on any atom is 0.326 e. The van der Waals surface area contributed by atoms with Crippen LogP contribution in [0.5, 0.6) is 11.5 Å². The molecule has 160 valence electrons. The SMILES string of the molecule is CC1(Cc2ccc3c(c2)OCO3)NC(=O)N(CCCn2c(=O)[nH]c3ccccc32)C1=O. The van der Waals surface area contributed by atoms with Gasteiger partial charge in [-0.15, -0.1) is 0 Å². The van der Waals surface area contributed by atoms with Crippen molar-refractivity contribution in [2.45, 2.75) is 31.8 Å². The van der Waals surface area contributed by atoms with Gasteiger partial charge in [0.15, 0.2) is 11.5 Å². The summed E-state index contributed by atoms with van der Waals surface area (Å²) < 4.78 is 12.3. The highest BCUT2D eigenvalue weighted by atomic mass is 16.7. The molecule has 1 unspecified atom stereocenters. The quantitative estimate of drug-likeness (QED) is 0.591. The largest absolute Gasteiger partial charge is 0.454 e. The Morgan fingerprint density at radius 1 is 1.03 bits per heavy atom. The topological polar surface area (TPSA) is 106 Å². The van der Waals surface area contributed by atoms with E-state index in [1.807, 2.05) is 36.4 Å². The van der Waals surface area contributed by atoms with Gasteiger partial charge in [-0.3, -0.25) is 14.3 Å². The highest BCUT2D eigenvalue weighted by Gasteiger charge is 2.47. The lowest BCUT2D eigenvalue weighted by atomic mass is 9.92. The Morgan fingerprint density at radius 2 is 1.84 bits per heavy atom. The third kappa shape index (κ3) is 3.31. The number of hydrogen-bond acceptors (Lipinski definition) is 5. The number of urea groups is 1. The summed E-state index contributed by atoms with van der Waals surface area (Å²) in [6, 6.07) is 12.5. The normalized spacial score (nSPS) is 20.0. The number of nitrogens with zero attached hydrogens (tertiary/aromatic N) is 2. The summed E-state index contributed by atoms with van der Waals surface area (Å²) in [4.78, 5) is 41.8. The van der Waals surface area contributed by atoms with Gasteiger partial charge in [0.05, 0.1) is 11.0 Å². The van der Waals surface area contributed by atoms with Crippen LogP contribution in [0.3, 0.4) is 0 Å². The summed E-state index contributed by atoms with van der Waals surface area (Å²) in [7, 11) is 0. The third-order valence-electron chi connectivity index (χ3n) is 5.78. The first-order chi connectivity index (χ1) is 14.9. The van der Waals surface area contributed by atoms with Gasteiger partial charge in [0, 0.05) is 19.5 Å². The van der Waals surface area contributed by atoms with Crippen molar-refractivity contribution < 1.29 is 19.1 Å². The molecule has 31 heavy (non-hydrogen) atoms. The number of amides is 3. The number of imide groups is 1. The molecule has 3 amide bonds. The summed E-state index contributed by atoms with van der Waals surface area (Å²) in [6.07, 6.45) is 0.813. The molecular formula is C22H22N4O5. The van der Waals surface area contributed by atoms with E-state index in [2.05, 4.69) is 10.3 Å². The zero-order chi connectivity index (χ0) is 21.6. The fourth-order valence-corrected chi connectivity index (χ4v) is 4.24. The first-order valence-corrected chi connectivity index (χ1v) is 10.1. The minimum Gasteiger partial charge on any atom is -0.454 e. The Balaban J connectivity index is 1.26. The van der Waals surface area contributed by atoms with E-state index in [1.54, 1.807) is 17.6 Å². The van der Waals surface area contributed by atoms with Gasteiger partial charge in [0.25, 0.3) is 5.91 Å². The molecule has 9 heteroatoms. The minimum absolute atomic E-state index is 0.180. The molecule has 1 saturated heterocycles. The van der Waals surface area contributed by atoms with E-state index in [9.17, 15) is 14.4 Å². The van der Waals surface area contributed by atoms with E-state index in [0.29, 0.717) is 30.9 Å². The molecule has 0 saturated carbocycles. The van der Waals surface area contributed by atoms with E-state index in [0.717, 1.165) is 16.6 Å². The van der Waals surface area contributed by atoms with Gasteiger partial charge in [0.1, 0.15) is 5.54 Å². The number of rotatable bonds is 6. The van der Waals surface area contributed by atoms with E-state index in [-0.39, 0.29) is 24.9 Å². The lowest BCUT2D eigenvalue weighted by Gasteiger charge is -2.22. The van der Waals surface area contributed by atoms with Crippen LogP contribution in [0.15, 0.2) is 47.3 Å². The Bertz CT molecular complexity index is 1250. The van der Waals surface area contributed by atoms with Crippen molar-refractivity contribution in [3.8, 4) is 11.5 Å². The number of benzene rings is 2. The number of aromatic amines is 1. The molecule has 9 nitrogen and oxygen atoms in total. The van der Waals surface area contributed by atoms with Crippen LogP contribution in [-0.4, -0.2) is 45.3 Å². The van der Waals surface area contributed by atoms with Crippen LogP contribution >= 0.6 is 0 Å². The second-order valence-corrected chi connectivity index (χ2v) is 8.04. The van der Waals surface area contributed by atoms with Crippen molar-refractivity contribution in [2.75, 3.05) is 13.3 Å². The summed E-state index contributed by atoms with van der Waals surface area (Å²) in [5.41, 5.74) is 1.19. The van der Waals surface area contributed by atoms with E-state index in [4.69, 9.17) is 9.47 Å². The summed E-state index contributed by atoms with van der Waals surface area (Å²) >= 11 is 0. The maximum atomic E-state index is 13.1. The summed E-state index contributed by atoms with van der Waals surface area (Å²) in [5, 5.41) is 2.82. The lowest BCUT2D eigenvalue weighted by molar-refractivity contribution is -0.130. The monoisotopic (exact) mass is 422 g/mol. The number of hydrogen-bond donors (Lipinski definition) is 2. The average Bonchev–Trinajstić information content (AvgIpc) is 3.39. The van der Waals surface area contributed by atoms with Crippen LogP contribution in [0.4, 0.5) is 4.79 Å². The fourth-order valence-electron chi connectivity index (χ4n) is 4.24. The molecule has 3 heterocycles. The van der Waals surface area contributed by atoms with Gasteiger partial charge < -0.3 is 19.8 Å². The van der Waals surface area contributed by atoms with Crippen LogP contribution in [0.25, 0.3) is 11.0 Å². The molecule has 5 rings (SSSR count). The van der Waals surface area contributed by atoms with E-state index in [1.165, 1.54) is 4.90 Å². The molecule has 0 radical (unpaired) electrons. The zero-order valence-corrected chi connectivity index (χ0v) is 17.0. The van der Waals surface area contributed by atoms with Crippen LogP contribution in [0.2, 0.25) is 0 Å². The summed E-state index contributed by atoms with van der Waals surface area (Å²) in [6.45, 7) is 2.53. The second-order valence-electron chi connectivity index (χ2n) is 8.04. The molecular weight excluding hydrogens is 400 g/mol. The summed E-state index contributed by atoms with van der Waals surface area (Å²) in [5.74, 6) is 1.03. The number of ether oxygens (including phenoxy) is 2. The predicted molar refractivity (Wildman–Crippen MR) is 112 cm³/mol. The van der Waals surface area contributed by atoms with Gasteiger partial charge in [-0.05, 0) is 43.2 Å². The number of para-hydroxylation sites is 2. The molecule has 0 aliphatic carbocycles. The maximum absolute atomic E-state index is 13.1. The number of nitrogens with one attached hydrogen (secondary N) is 2. The van der Waals surface area contributed by atoms with Gasteiger partial charge >= 0.3 is 11.7 Å². The Labute approximate surface area is 177 Å². The van der Waals surface area contributed by atoms with Gasteiger partial charge in [0.2, 0.25) is 6.79 Å². The molecule has 2 aliphatic heterocycles. The Morgan fingerprint density at radius 3 is 2.71 bits per heavy atom. The zero-order valence-electron chi connectivity index (χ0n) is 17.0. The first-order valence-electron chi connectivity index (χ1n) is 10.1. The van der Waals surface area contributed by atoms with Crippen LogP contribution in [-0.2, 0) is 17.8 Å². The molecule has 2 N–H and O–H groups in total. The van der Waals surface area contributed by atoms with E-state index >= 15 is 0 Å². The van der Waals surface area contributed by atoms with Crippen molar-refractivity contribution >= 4 is 23.0 Å². The van der Waals surface area contributed by atoms with Gasteiger partial charge in [-0.1, -0.05) is 18.2 Å². The first kappa shape index (κ1) is 19.2. The van der Waals surface area contributed by atoms with Crippen LogP contribution in [0, 0.1) is 0 Å². The molecule has 0 bridgehead atoms. The molecule has 2 aliphatic rings. The number of aromatic nitrogens is 2. The van der Waals surface area contributed by atoms with Crippen molar-refractivity contribution in [2.24, 2.45) is 0 Å². The molecule has 1 fully saturated rings. The van der Waals surface area contributed by atoms with Crippen molar-refractivity contribution in [1.29, 1.82) is 0 Å². The third-order valence-corrected chi connectivity index (χ3v) is 5.78. The molecule has 2 aromatic carbocycles. The molecule has 0 spiro atoms. The van der Waals surface area contributed by atoms with E-state index < -0.39 is 11.6 Å². The van der Waals surface area contributed by atoms with Gasteiger partial charge in [-0.25, -0.2) is 9.59 Å². The molecule has 3 aromatic rings. The van der Waals surface area contributed by atoms with Crippen LogP contribution in [0.1, 0.15) is 18.9 Å². The number of carbonyl (C=O) groups is 2. The van der Waals surface area contributed by atoms with Crippen molar-refractivity contribution in [3.05, 3.63) is 58.5 Å². The predicted octanol–water partition coefficient (Wildman–Crippen LogP) is 2.00. The Hall–Kier alpha value is -3.75. The van der Waals surface area contributed by atoms with Gasteiger partial charge in [-0.2, -0.15) is 0 Å². The standard InChI is InChI=1S/C22H22N4O5/c1-22(12-14-7-8-17-18(11-14)31-13-30-17)19(27)26(21(29)24-22)10-4-9-25-16-6-3-2-5-15(16)23-20(25)28/h2-3,5-8,11H,4,9-10,12-13H2,1H3,(H,23,28)(H,24,29). The molecule has 1 aromatic heterocycles. The second kappa shape index (κ2) is 7.19. The number of imidazole rings is 1. The highest BCUT2D eigenvalue weighted by molar-refractivity contribution is 6.06. The number of fused-ring (bicyclic) bond motifs is 2. The molecule has 1 atom stereocenters.